The second-order valence-electron chi connectivity index (χ2n) is 7.80. The van der Waals surface area contributed by atoms with Crippen LogP contribution >= 0.6 is 0 Å². The predicted molar refractivity (Wildman–Crippen MR) is 112 cm³/mol. The summed E-state index contributed by atoms with van der Waals surface area (Å²) >= 11 is 0. The van der Waals surface area contributed by atoms with Gasteiger partial charge in [-0.05, 0) is 63.5 Å². The Balaban J connectivity index is 1.33. The minimum absolute atomic E-state index is 0.344. The lowest BCUT2D eigenvalue weighted by Gasteiger charge is -2.28. The average molecular weight is 387 g/mol. The van der Waals surface area contributed by atoms with Gasteiger partial charge < -0.3 is 20.1 Å². The van der Waals surface area contributed by atoms with Crippen molar-refractivity contribution >= 4 is 0 Å². The number of rotatable bonds is 10. The lowest BCUT2D eigenvalue weighted by molar-refractivity contribution is 0.0617. The van der Waals surface area contributed by atoms with Crippen LogP contribution in [0.15, 0.2) is 30.3 Å². The van der Waals surface area contributed by atoms with E-state index in [1.807, 2.05) is 23.7 Å². The third kappa shape index (κ3) is 6.62. The van der Waals surface area contributed by atoms with Crippen molar-refractivity contribution in [1.82, 2.24) is 20.0 Å². The van der Waals surface area contributed by atoms with Crippen LogP contribution in [0, 0.1) is 13.8 Å². The summed E-state index contributed by atoms with van der Waals surface area (Å²) in [6.07, 6.45) is 3.36. The van der Waals surface area contributed by atoms with Gasteiger partial charge in [-0.3, -0.25) is 4.68 Å². The van der Waals surface area contributed by atoms with Gasteiger partial charge in [0.2, 0.25) is 0 Å². The highest BCUT2D eigenvalue weighted by Crippen LogP contribution is 2.13. The molecule has 0 bridgehead atoms. The highest BCUT2D eigenvalue weighted by Gasteiger charge is 2.15. The summed E-state index contributed by atoms with van der Waals surface area (Å²) in [5.41, 5.74) is 3.48. The van der Waals surface area contributed by atoms with Crippen molar-refractivity contribution in [1.29, 1.82) is 0 Å². The van der Waals surface area contributed by atoms with Crippen LogP contribution in [0.3, 0.4) is 0 Å². The number of aliphatic hydroxyl groups is 1. The van der Waals surface area contributed by atoms with Crippen molar-refractivity contribution in [2.24, 2.45) is 0 Å². The summed E-state index contributed by atoms with van der Waals surface area (Å²) in [6.45, 7) is 9.91. The van der Waals surface area contributed by atoms with E-state index in [9.17, 15) is 5.11 Å². The lowest BCUT2D eigenvalue weighted by atomic mass is 10.1. The average Bonchev–Trinajstić information content (AvgIpc) is 3.02. The molecule has 1 aromatic carbocycles. The van der Waals surface area contributed by atoms with Crippen molar-refractivity contribution in [3.05, 3.63) is 47.3 Å². The normalized spacial score (nSPS) is 16.2. The fraction of sp³-hybridized carbons (Fsp3) is 0.591. The maximum absolute atomic E-state index is 10.2. The molecule has 2 heterocycles. The molecule has 6 nitrogen and oxygen atoms in total. The Bertz CT molecular complexity index is 708. The molecular formula is C22H34N4O2. The molecule has 3 rings (SSSR count). The van der Waals surface area contributed by atoms with Crippen LogP contribution in [-0.4, -0.2) is 58.7 Å². The number of ether oxygens (including phenoxy) is 1. The molecule has 1 aliphatic rings. The fourth-order valence-corrected chi connectivity index (χ4v) is 3.71. The minimum Gasteiger partial charge on any atom is -0.491 e. The molecular weight excluding hydrogens is 352 g/mol. The number of aryl methyl sites for hydroxylation is 2. The highest BCUT2D eigenvalue weighted by molar-refractivity contribution is 5.27. The molecule has 154 valence electrons. The number of hydrogen-bond acceptors (Lipinski definition) is 5. The molecule has 0 radical (unpaired) electrons. The smallest absolute Gasteiger partial charge is 0.119 e. The Labute approximate surface area is 168 Å². The second-order valence-corrected chi connectivity index (χ2v) is 7.80. The number of aliphatic hydroxyl groups excluding tert-OH is 1. The number of hydrogen-bond donors (Lipinski definition) is 2. The van der Waals surface area contributed by atoms with E-state index in [1.54, 1.807) is 0 Å². The molecule has 28 heavy (non-hydrogen) atoms. The summed E-state index contributed by atoms with van der Waals surface area (Å²) < 4.78 is 7.79. The van der Waals surface area contributed by atoms with Crippen LogP contribution in [0.1, 0.15) is 36.2 Å². The first-order valence-electron chi connectivity index (χ1n) is 10.4. The summed E-state index contributed by atoms with van der Waals surface area (Å²) in [5, 5.41) is 18.1. The lowest BCUT2D eigenvalue weighted by Crippen LogP contribution is -2.38. The number of nitrogens with zero attached hydrogens (tertiary/aromatic N) is 3. The first-order valence-corrected chi connectivity index (χ1v) is 10.4. The van der Waals surface area contributed by atoms with Crippen LogP contribution in [0.25, 0.3) is 0 Å². The van der Waals surface area contributed by atoms with E-state index in [0.29, 0.717) is 13.2 Å². The van der Waals surface area contributed by atoms with E-state index in [-0.39, 0.29) is 0 Å². The molecule has 0 aliphatic carbocycles. The largest absolute Gasteiger partial charge is 0.491 e. The van der Waals surface area contributed by atoms with Gasteiger partial charge in [0, 0.05) is 25.3 Å². The van der Waals surface area contributed by atoms with Gasteiger partial charge in [0.25, 0.3) is 0 Å². The van der Waals surface area contributed by atoms with E-state index in [1.165, 1.54) is 30.5 Å². The highest BCUT2D eigenvalue weighted by atomic mass is 16.5. The summed E-state index contributed by atoms with van der Waals surface area (Å²) in [5.74, 6) is 0.809. The van der Waals surface area contributed by atoms with E-state index in [0.717, 1.165) is 44.2 Å². The van der Waals surface area contributed by atoms with Crippen LogP contribution < -0.4 is 10.1 Å². The fourth-order valence-electron chi connectivity index (χ4n) is 3.71. The standard InChI is InChI=1S/C22H34N4O2/c1-18-14-19(2)26(24-18)13-10-23-15-20-6-8-22(9-7-20)28-17-21(27)16-25-11-4-3-5-12-25/h6-9,14,21,23,27H,3-5,10-13,15-17H2,1-2H3. The van der Waals surface area contributed by atoms with Gasteiger partial charge in [-0.15, -0.1) is 0 Å². The van der Waals surface area contributed by atoms with E-state index in [4.69, 9.17) is 4.74 Å². The van der Waals surface area contributed by atoms with Crippen LogP contribution in [0.2, 0.25) is 0 Å². The van der Waals surface area contributed by atoms with Gasteiger partial charge in [-0.1, -0.05) is 18.6 Å². The Morgan fingerprint density at radius 1 is 1.14 bits per heavy atom. The number of β-amino-alcohol motifs (C(OH)–C–C–N with tert-alkyl or cyclic N) is 1. The van der Waals surface area contributed by atoms with Crippen LogP contribution in [0.5, 0.6) is 5.75 Å². The predicted octanol–water partition coefficient (Wildman–Crippen LogP) is 2.52. The van der Waals surface area contributed by atoms with E-state index in [2.05, 4.69) is 40.4 Å². The van der Waals surface area contributed by atoms with Crippen molar-refractivity contribution < 1.29 is 9.84 Å². The monoisotopic (exact) mass is 386 g/mol. The number of piperidine rings is 1. The van der Waals surface area contributed by atoms with Gasteiger partial charge in [0.1, 0.15) is 18.5 Å². The molecule has 0 saturated carbocycles. The van der Waals surface area contributed by atoms with E-state index < -0.39 is 6.10 Å². The first kappa shape index (κ1) is 20.8. The Hall–Kier alpha value is -1.89. The molecule has 1 aliphatic heterocycles. The third-order valence-electron chi connectivity index (χ3n) is 5.22. The van der Waals surface area contributed by atoms with Crippen LogP contribution in [-0.2, 0) is 13.1 Å². The van der Waals surface area contributed by atoms with Gasteiger partial charge in [-0.25, -0.2) is 0 Å². The van der Waals surface area contributed by atoms with Crippen molar-refractivity contribution in [2.75, 3.05) is 32.8 Å². The zero-order valence-electron chi connectivity index (χ0n) is 17.2. The minimum atomic E-state index is -0.436. The van der Waals surface area contributed by atoms with Gasteiger partial charge >= 0.3 is 0 Å². The number of aromatic nitrogens is 2. The molecule has 1 saturated heterocycles. The Kier molecular flexibility index (Phi) is 7.89. The topological polar surface area (TPSA) is 62.6 Å². The van der Waals surface area contributed by atoms with Crippen molar-refractivity contribution in [3.63, 3.8) is 0 Å². The first-order chi connectivity index (χ1) is 13.6. The van der Waals surface area contributed by atoms with Gasteiger partial charge in [-0.2, -0.15) is 5.10 Å². The van der Waals surface area contributed by atoms with Crippen molar-refractivity contribution in [2.45, 2.75) is 52.3 Å². The SMILES string of the molecule is Cc1cc(C)n(CCNCc2ccc(OCC(O)CN3CCCCC3)cc2)n1. The third-order valence-corrected chi connectivity index (χ3v) is 5.22. The second kappa shape index (κ2) is 10.6. The molecule has 1 aromatic heterocycles. The summed E-state index contributed by atoms with van der Waals surface area (Å²) in [4.78, 5) is 2.33. The molecule has 1 unspecified atom stereocenters. The molecule has 2 N–H and O–H groups in total. The Morgan fingerprint density at radius 3 is 2.57 bits per heavy atom. The molecule has 2 aromatic rings. The zero-order valence-corrected chi connectivity index (χ0v) is 17.2. The summed E-state index contributed by atoms with van der Waals surface area (Å²) in [7, 11) is 0. The van der Waals surface area contributed by atoms with Gasteiger partial charge in [0.15, 0.2) is 0 Å². The van der Waals surface area contributed by atoms with E-state index >= 15 is 0 Å². The number of likely N-dealkylation sites (tertiary alicyclic amines) is 1. The van der Waals surface area contributed by atoms with Crippen LogP contribution in [0.4, 0.5) is 0 Å². The zero-order chi connectivity index (χ0) is 19.8. The Morgan fingerprint density at radius 2 is 1.89 bits per heavy atom. The quantitative estimate of drug-likeness (QED) is 0.615. The molecule has 6 heteroatoms. The number of nitrogens with one attached hydrogen (secondary N) is 1. The van der Waals surface area contributed by atoms with Gasteiger partial charge in [0.05, 0.1) is 12.2 Å². The maximum Gasteiger partial charge on any atom is 0.119 e. The maximum atomic E-state index is 10.2. The molecule has 1 atom stereocenters. The van der Waals surface area contributed by atoms with Crippen molar-refractivity contribution in [3.8, 4) is 5.75 Å². The number of benzene rings is 1. The summed E-state index contributed by atoms with van der Waals surface area (Å²) in [6, 6.07) is 10.2. The molecule has 1 fully saturated rings. The molecule has 0 spiro atoms. The molecule has 0 amide bonds.